The maximum absolute atomic E-state index is 12.4. The minimum atomic E-state index is -0.250. The number of carboxylic acid groups (broad SMARTS) is 1. The highest BCUT2D eigenvalue weighted by atomic mass is 16.3. The third-order valence-corrected chi connectivity index (χ3v) is 3.90. The summed E-state index contributed by atoms with van der Waals surface area (Å²) in [5.74, 6) is 6.55. The van der Waals surface area contributed by atoms with Gasteiger partial charge in [-0.05, 0) is 24.5 Å². The van der Waals surface area contributed by atoms with Crippen LogP contribution in [0, 0.1) is 11.8 Å². The quantitative estimate of drug-likeness (QED) is 0.664. The average molecular weight is 345 g/mol. The number of rotatable bonds is 4. The molecule has 136 valence electrons. The molecule has 1 saturated heterocycles. The van der Waals surface area contributed by atoms with E-state index in [1.807, 2.05) is 23.2 Å². The van der Waals surface area contributed by atoms with Crippen LogP contribution in [0.5, 0.6) is 0 Å². The monoisotopic (exact) mass is 345 g/mol. The van der Waals surface area contributed by atoms with E-state index in [9.17, 15) is 4.79 Å². The Bertz CT molecular complexity index is 566. The topological polar surface area (TPSA) is 73.7 Å². The number of aromatic nitrogens is 1. The highest BCUT2D eigenvalue weighted by Crippen LogP contribution is 2.07. The van der Waals surface area contributed by atoms with E-state index in [0.717, 1.165) is 57.5 Å². The van der Waals surface area contributed by atoms with Crippen LogP contribution in [-0.2, 0) is 16.0 Å². The Morgan fingerprint density at radius 1 is 1.32 bits per heavy atom. The van der Waals surface area contributed by atoms with Crippen molar-refractivity contribution < 1.29 is 14.7 Å². The second kappa shape index (κ2) is 13.0. The van der Waals surface area contributed by atoms with Crippen molar-refractivity contribution in [3.8, 4) is 11.8 Å². The smallest absolute Gasteiger partial charge is 0.290 e. The van der Waals surface area contributed by atoms with Gasteiger partial charge in [0.1, 0.15) is 0 Å². The van der Waals surface area contributed by atoms with E-state index in [1.165, 1.54) is 0 Å². The summed E-state index contributed by atoms with van der Waals surface area (Å²) in [4.78, 5) is 29.2. The van der Waals surface area contributed by atoms with Crippen LogP contribution >= 0.6 is 0 Å². The van der Waals surface area contributed by atoms with Crippen molar-refractivity contribution in [2.24, 2.45) is 0 Å². The molecule has 1 fully saturated rings. The van der Waals surface area contributed by atoms with Gasteiger partial charge in [0, 0.05) is 51.4 Å². The van der Waals surface area contributed by atoms with Crippen molar-refractivity contribution in [1.82, 2.24) is 14.8 Å². The molecule has 2 rings (SSSR count). The zero-order valence-electron chi connectivity index (χ0n) is 14.9. The molecule has 0 saturated carbocycles. The molecule has 2 heterocycles. The fourth-order valence-electron chi connectivity index (χ4n) is 2.63. The van der Waals surface area contributed by atoms with E-state index in [0.29, 0.717) is 6.42 Å². The van der Waals surface area contributed by atoms with Gasteiger partial charge in [0.15, 0.2) is 0 Å². The third kappa shape index (κ3) is 8.87. The Labute approximate surface area is 149 Å². The van der Waals surface area contributed by atoms with E-state index >= 15 is 0 Å². The number of hydrogen-bond donors (Lipinski definition) is 1. The fraction of sp³-hybridized carbons (Fsp3) is 0.526. The summed E-state index contributed by atoms with van der Waals surface area (Å²) in [6, 6.07) is 3.94. The molecule has 0 radical (unpaired) electrons. The molecule has 0 spiro atoms. The molecular formula is C19H27N3O3. The van der Waals surface area contributed by atoms with Crippen LogP contribution in [0.1, 0.15) is 31.7 Å². The molecule has 1 aliphatic heterocycles. The lowest BCUT2D eigenvalue weighted by atomic mass is 10.1. The molecule has 0 aliphatic carbocycles. The second-order valence-electron chi connectivity index (χ2n) is 5.68. The lowest BCUT2D eigenvalue weighted by Crippen LogP contribution is -2.35. The summed E-state index contributed by atoms with van der Waals surface area (Å²) in [5.41, 5.74) is 1.13. The van der Waals surface area contributed by atoms with Crippen LogP contribution in [0.4, 0.5) is 0 Å². The number of carbonyl (C=O) groups is 2. The molecule has 1 N–H and O–H groups in total. The van der Waals surface area contributed by atoms with Gasteiger partial charge >= 0.3 is 0 Å². The Morgan fingerprint density at radius 2 is 2.12 bits per heavy atom. The molecule has 0 bridgehead atoms. The van der Waals surface area contributed by atoms with Crippen molar-refractivity contribution in [3.63, 3.8) is 0 Å². The summed E-state index contributed by atoms with van der Waals surface area (Å²) < 4.78 is 0. The Kier molecular flexibility index (Phi) is 10.7. The molecule has 6 nitrogen and oxygen atoms in total. The molecule has 0 unspecified atom stereocenters. The van der Waals surface area contributed by atoms with Gasteiger partial charge in [0.25, 0.3) is 6.47 Å². The molecule has 0 aromatic carbocycles. The van der Waals surface area contributed by atoms with Gasteiger partial charge in [-0.3, -0.25) is 19.5 Å². The van der Waals surface area contributed by atoms with Gasteiger partial charge in [-0.25, -0.2) is 0 Å². The van der Waals surface area contributed by atoms with Gasteiger partial charge in [0.2, 0.25) is 5.91 Å². The molecular weight excluding hydrogens is 318 g/mol. The molecule has 0 atom stereocenters. The molecule has 6 heteroatoms. The predicted octanol–water partition coefficient (Wildman–Crippen LogP) is 1.66. The molecule has 1 amide bonds. The van der Waals surface area contributed by atoms with E-state index in [2.05, 4.69) is 28.6 Å². The van der Waals surface area contributed by atoms with E-state index in [4.69, 9.17) is 9.90 Å². The SMILES string of the molecule is CCC#CCN1CCCN(C(=O)CCc2cccnc2)CC1.O=CO. The van der Waals surface area contributed by atoms with Gasteiger partial charge in [-0.1, -0.05) is 18.9 Å². The zero-order valence-corrected chi connectivity index (χ0v) is 14.9. The number of amides is 1. The molecule has 1 aromatic heterocycles. The Morgan fingerprint density at radius 3 is 2.80 bits per heavy atom. The Balaban J connectivity index is 0.000000970. The first kappa shape index (κ1) is 20.7. The number of carbonyl (C=O) groups excluding carboxylic acids is 1. The highest BCUT2D eigenvalue weighted by molar-refractivity contribution is 5.76. The summed E-state index contributed by atoms with van der Waals surface area (Å²) in [6.07, 6.45) is 6.88. The predicted molar refractivity (Wildman–Crippen MR) is 97.0 cm³/mol. The normalized spacial score (nSPS) is 14.4. The van der Waals surface area contributed by atoms with Crippen molar-refractivity contribution >= 4 is 12.4 Å². The number of hydrogen-bond acceptors (Lipinski definition) is 4. The van der Waals surface area contributed by atoms with Crippen molar-refractivity contribution in [3.05, 3.63) is 30.1 Å². The second-order valence-corrected chi connectivity index (χ2v) is 5.68. The van der Waals surface area contributed by atoms with Crippen molar-refractivity contribution in [1.29, 1.82) is 0 Å². The summed E-state index contributed by atoms with van der Waals surface area (Å²) in [7, 11) is 0. The van der Waals surface area contributed by atoms with E-state index in [-0.39, 0.29) is 12.4 Å². The van der Waals surface area contributed by atoms with E-state index in [1.54, 1.807) is 6.20 Å². The van der Waals surface area contributed by atoms with Gasteiger partial charge in [0.05, 0.1) is 6.54 Å². The van der Waals surface area contributed by atoms with Crippen molar-refractivity contribution in [2.45, 2.75) is 32.6 Å². The number of aryl methyl sites for hydroxylation is 1. The highest BCUT2D eigenvalue weighted by Gasteiger charge is 2.18. The van der Waals surface area contributed by atoms with Crippen LogP contribution in [0.2, 0.25) is 0 Å². The summed E-state index contributed by atoms with van der Waals surface area (Å²) in [6.45, 7) is 6.29. The zero-order chi connectivity index (χ0) is 18.3. The fourth-order valence-corrected chi connectivity index (χ4v) is 2.63. The first-order valence-corrected chi connectivity index (χ1v) is 8.63. The van der Waals surface area contributed by atoms with Crippen LogP contribution in [0.15, 0.2) is 24.5 Å². The lowest BCUT2D eigenvalue weighted by Gasteiger charge is -2.21. The number of nitrogens with zero attached hydrogens (tertiary/aromatic N) is 3. The molecule has 25 heavy (non-hydrogen) atoms. The van der Waals surface area contributed by atoms with Crippen molar-refractivity contribution in [2.75, 3.05) is 32.7 Å². The standard InChI is InChI=1S/C18H25N3O.CH2O2/c1-2-3-4-11-20-12-6-13-21(15-14-20)18(22)9-8-17-7-5-10-19-16-17;2-1-3/h5,7,10,16H,2,6,8-9,11-15H2,1H3;1H,(H,2,3). The maximum atomic E-state index is 12.4. The molecule has 1 aromatic rings. The van der Waals surface area contributed by atoms with Crippen LogP contribution in [0.25, 0.3) is 0 Å². The maximum Gasteiger partial charge on any atom is 0.290 e. The first-order valence-electron chi connectivity index (χ1n) is 8.63. The lowest BCUT2D eigenvalue weighted by molar-refractivity contribution is -0.131. The largest absolute Gasteiger partial charge is 0.483 e. The van der Waals surface area contributed by atoms with Gasteiger partial charge < -0.3 is 10.0 Å². The Hall–Kier alpha value is -2.39. The minimum absolute atomic E-state index is 0.250. The van der Waals surface area contributed by atoms with Gasteiger partial charge in [-0.15, -0.1) is 5.92 Å². The van der Waals surface area contributed by atoms with Crippen LogP contribution in [0.3, 0.4) is 0 Å². The average Bonchev–Trinajstić information content (AvgIpc) is 2.87. The first-order chi connectivity index (χ1) is 12.2. The van der Waals surface area contributed by atoms with Crippen LogP contribution < -0.4 is 0 Å². The van der Waals surface area contributed by atoms with E-state index < -0.39 is 0 Å². The summed E-state index contributed by atoms with van der Waals surface area (Å²) in [5, 5.41) is 6.89. The minimum Gasteiger partial charge on any atom is -0.483 e. The summed E-state index contributed by atoms with van der Waals surface area (Å²) >= 11 is 0. The van der Waals surface area contributed by atoms with Gasteiger partial charge in [-0.2, -0.15) is 0 Å². The van der Waals surface area contributed by atoms with Crippen LogP contribution in [-0.4, -0.2) is 65.0 Å². The molecule has 1 aliphatic rings. The third-order valence-electron chi connectivity index (χ3n) is 3.90. The number of pyridine rings is 1.